The van der Waals surface area contributed by atoms with E-state index in [1.807, 2.05) is 12.4 Å². The SMILES string of the molecule is CCCc1nccn1-c1ccc(C2=NNC(=S)CC2)cc1. The zero-order valence-electron chi connectivity index (χ0n) is 12.0. The Morgan fingerprint density at radius 3 is 2.71 bits per heavy atom. The van der Waals surface area contributed by atoms with Gasteiger partial charge in [0.1, 0.15) is 5.82 Å². The summed E-state index contributed by atoms with van der Waals surface area (Å²) in [5.74, 6) is 1.10. The summed E-state index contributed by atoms with van der Waals surface area (Å²) in [7, 11) is 0. The molecule has 1 aromatic heterocycles. The van der Waals surface area contributed by atoms with Crippen LogP contribution in [0.15, 0.2) is 41.8 Å². The van der Waals surface area contributed by atoms with Crippen molar-refractivity contribution in [2.45, 2.75) is 32.6 Å². The summed E-state index contributed by atoms with van der Waals surface area (Å²) in [5.41, 5.74) is 6.25. The summed E-state index contributed by atoms with van der Waals surface area (Å²) >= 11 is 5.09. The topological polar surface area (TPSA) is 42.2 Å². The minimum Gasteiger partial charge on any atom is -0.304 e. The second-order valence-electron chi connectivity index (χ2n) is 5.10. The molecule has 2 aromatic rings. The third kappa shape index (κ3) is 3.03. The van der Waals surface area contributed by atoms with Gasteiger partial charge in [-0.2, -0.15) is 5.10 Å². The molecule has 0 radical (unpaired) electrons. The Kier molecular flexibility index (Phi) is 4.10. The molecular formula is C16H18N4S. The van der Waals surface area contributed by atoms with E-state index in [9.17, 15) is 0 Å². The van der Waals surface area contributed by atoms with E-state index in [0.717, 1.165) is 53.5 Å². The highest BCUT2D eigenvalue weighted by Gasteiger charge is 2.11. The van der Waals surface area contributed by atoms with Crippen molar-refractivity contribution < 1.29 is 0 Å². The number of hydrogen-bond acceptors (Lipinski definition) is 3. The van der Waals surface area contributed by atoms with E-state index in [0.29, 0.717) is 0 Å². The monoisotopic (exact) mass is 298 g/mol. The van der Waals surface area contributed by atoms with Crippen LogP contribution in [-0.4, -0.2) is 20.3 Å². The lowest BCUT2D eigenvalue weighted by atomic mass is 10.0. The van der Waals surface area contributed by atoms with Gasteiger partial charge in [0.2, 0.25) is 0 Å². The van der Waals surface area contributed by atoms with Crippen LogP contribution in [-0.2, 0) is 6.42 Å². The minimum absolute atomic E-state index is 0.818. The largest absolute Gasteiger partial charge is 0.304 e. The van der Waals surface area contributed by atoms with Gasteiger partial charge in [0.05, 0.1) is 10.7 Å². The molecule has 0 bridgehead atoms. The molecule has 1 N–H and O–H groups in total. The van der Waals surface area contributed by atoms with Crippen molar-refractivity contribution in [3.63, 3.8) is 0 Å². The molecule has 4 nitrogen and oxygen atoms in total. The Morgan fingerprint density at radius 1 is 1.24 bits per heavy atom. The lowest BCUT2D eigenvalue weighted by molar-refractivity contribution is 0.809. The third-order valence-electron chi connectivity index (χ3n) is 3.57. The van der Waals surface area contributed by atoms with Gasteiger partial charge in [-0.25, -0.2) is 4.98 Å². The van der Waals surface area contributed by atoms with Crippen molar-refractivity contribution in [1.29, 1.82) is 0 Å². The van der Waals surface area contributed by atoms with E-state index in [1.165, 1.54) is 0 Å². The van der Waals surface area contributed by atoms with E-state index < -0.39 is 0 Å². The van der Waals surface area contributed by atoms with Gasteiger partial charge in [0, 0.05) is 30.9 Å². The van der Waals surface area contributed by atoms with Gasteiger partial charge in [-0.15, -0.1) is 0 Å². The Hall–Kier alpha value is -2.01. The number of hydrazone groups is 1. The van der Waals surface area contributed by atoms with Gasteiger partial charge in [0.25, 0.3) is 0 Å². The molecule has 0 atom stereocenters. The molecule has 0 saturated heterocycles. The van der Waals surface area contributed by atoms with Gasteiger partial charge < -0.3 is 4.57 Å². The van der Waals surface area contributed by atoms with Crippen LogP contribution >= 0.6 is 12.2 Å². The first-order valence-corrected chi connectivity index (χ1v) is 7.67. The first-order chi connectivity index (χ1) is 10.3. The first kappa shape index (κ1) is 13.9. The predicted octanol–water partition coefficient (Wildman–Crippen LogP) is 3.24. The number of hydrogen-bond donors (Lipinski definition) is 1. The molecule has 5 heteroatoms. The second-order valence-corrected chi connectivity index (χ2v) is 5.60. The van der Waals surface area contributed by atoms with Crippen molar-refractivity contribution in [3.05, 3.63) is 48.0 Å². The van der Waals surface area contributed by atoms with Gasteiger partial charge in [-0.3, -0.25) is 5.43 Å². The summed E-state index contributed by atoms with van der Waals surface area (Å²) in [6, 6.07) is 8.46. The molecule has 2 heterocycles. The van der Waals surface area contributed by atoms with Crippen LogP contribution in [0.3, 0.4) is 0 Å². The van der Waals surface area contributed by atoms with E-state index in [-0.39, 0.29) is 0 Å². The number of nitrogens with one attached hydrogen (secondary N) is 1. The number of aryl methyl sites for hydroxylation is 1. The molecule has 21 heavy (non-hydrogen) atoms. The van der Waals surface area contributed by atoms with Crippen LogP contribution in [0.2, 0.25) is 0 Å². The second kappa shape index (κ2) is 6.18. The maximum Gasteiger partial charge on any atom is 0.113 e. The zero-order chi connectivity index (χ0) is 14.7. The van der Waals surface area contributed by atoms with Crippen LogP contribution in [0, 0.1) is 0 Å². The molecular weight excluding hydrogens is 280 g/mol. The maximum absolute atomic E-state index is 5.09. The molecule has 1 aliphatic heterocycles. The van der Waals surface area contributed by atoms with Crippen molar-refractivity contribution >= 4 is 22.9 Å². The fraction of sp³-hybridized carbons (Fsp3) is 0.312. The highest BCUT2D eigenvalue weighted by Crippen LogP contribution is 2.16. The standard InChI is InChI=1S/C16H18N4S/c1-2-3-15-17-10-11-20(15)13-6-4-12(5-7-13)14-8-9-16(21)19-18-14/h4-7,10-11H,2-3,8-9H2,1H3,(H,19,21). The number of thiocarbonyl (C=S) groups is 1. The van der Waals surface area contributed by atoms with Crippen molar-refractivity contribution in [2.75, 3.05) is 0 Å². The molecule has 0 fully saturated rings. The van der Waals surface area contributed by atoms with E-state index in [2.05, 4.69) is 51.3 Å². The van der Waals surface area contributed by atoms with E-state index in [1.54, 1.807) is 0 Å². The van der Waals surface area contributed by atoms with Crippen molar-refractivity contribution in [2.24, 2.45) is 5.10 Å². The fourth-order valence-corrected chi connectivity index (χ4v) is 2.62. The molecule has 0 saturated carbocycles. The van der Waals surface area contributed by atoms with Crippen LogP contribution in [0.5, 0.6) is 0 Å². The molecule has 3 rings (SSSR count). The highest BCUT2D eigenvalue weighted by atomic mass is 32.1. The Balaban J connectivity index is 1.84. The molecule has 0 unspecified atom stereocenters. The Labute approximate surface area is 129 Å². The lowest BCUT2D eigenvalue weighted by Crippen LogP contribution is -2.24. The smallest absolute Gasteiger partial charge is 0.113 e. The van der Waals surface area contributed by atoms with Gasteiger partial charge in [-0.05, 0) is 30.5 Å². The normalized spacial score (nSPS) is 14.7. The number of benzene rings is 1. The minimum atomic E-state index is 0.818. The summed E-state index contributed by atoms with van der Waals surface area (Å²) in [6.07, 6.45) is 7.73. The molecule has 108 valence electrons. The Morgan fingerprint density at radius 2 is 2.05 bits per heavy atom. The lowest BCUT2D eigenvalue weighted by Gasteiger charge is -2.14. The molecule has 1 aromatic carbocycles. The number of imidazole rings is 1. The Bertz CT molecular complexity index is 670. The van der Waals surface area contributed by atoms with E-state index in [4.69, 9.17) is 12.2 Å². The molecule has 0 spiro atoms. The van der Waals surface area contributed by atoms with Gasteiger partial charge in [-0.1, -0.05) is 31.3 Å². The summed E-state index contributed by atoms with van der Waals surface area (Å²) in [6.45, 7) is 2.17. The van der Waals surface area contributed by atoms with Crippen LogP contribution in [0.1, 0.15) is 37.6 Å². The summed E-state index contributed by atoms with van der Waals surface area (Å²) in [5, 5.41) is 4.33. The first-order valence-electron chi connectivity index (χ1n) is 7.26. The number of rotatable bonds is 4. The van der Waals surface area contributed by atoms with E-state index >= 15 is 0 Å². The molecule has 0 amide bonds. The quantitative estimate of drug-likeness (QED) is 0.881. The molecule has 0 aliphatic carbocycles. The highest BCUT2D eigenvalue weighted by molar-refractivity contribution is 7.80. The third-order valence-corrected chi connectivity index (χ3v) is 3.87. The fourth-order valence-electron chi connectivity index (χ4n) is 2.47. The zero-order valence-corrected chi connectivity index (χ0v) is 12.9. The van der Waals surface area contributed by atoms with Crippen LogP contribution < -0.4 is 5.43 Å². The summed E-state index contributed by atoms with van der Waals surface area (Å²) in [4.78, 5) is 5.24. The molecule has 1 aliphatic rings. The van der Waals surface area contributed by atoms with Crippen molar-refractivity contribution in [3.8, 4) is 5.69 Å². The predicted molar refractivity (Wildman–Crippen MR) is 89.1 cm³/mol. The van der Waals surface area contributed by atoms with Crippen LogP contribution in [0.25, 0.3) is 5.69 Å². The number of nitrogens with zero attached hydrogens (tertiary/aromatic N) is 3. The van der Waals surface area contributed by atoms with Crippen LogP contribution in [0.4, 0.5) is 0 Å². The van der Waals surface area contributed by atoms with Gasteiger partial charge >= 0.3 is 0 Å². The summed E-state index contributed by atoms with van der Waals surface area (Å²) < 4.78 is 2.14. The average molecular weight is 298 g/mol. The van der Waals surface area contributed by atoms with Gasteiger partial charge in [0.15, 0.2) is 0 Å². The average Bonchev–Trinajstić information content (AvgIpc) is 2.97. The van der Waals surface area contributed by atoms with Crippen molar-refractivity contribution in [1.82, 2.24) is 15.0 Å². The maximum atomic E-state index is 5.09. The number of aromatic nitrogens is 2.